The topological polar surface area (TPSA) is 89.3 Å². The third-order valence-electron chi connectivity index (χ3n) is 3.73. The summed E-state index contributed by atoms with van der Waals surface area (Å²) in [7, 11) is 0. The van der Waals surface area contributed by atoms with Gasteiger partial charge in [0.25, 0.3) is 5.91 Å². The lowest BCUT2D eigenvalue weighted by atomic mass is 10.0. The molecule has 0 spiro atoms. The summed E-state index contributed by atoms with van der Waals surface area (Å²) < 4.78 is 5.30. The first kappa shape index (κ1) is 13.8. The average Bonchev–Trinajstić information content (AvgIpc) is 2.54. The van der Waals surface area contributed by atoms with Crippen LogP contribution in [-0.4, -0.2) is 30.1 Å². The molecule has 21 heavy (non-hydrogen) atoms. The Bertz CT molecular complexity index is 653. The Balaban J connectivity index is 1.91. The van der Waals surface area contributed by atoms with Crippen molar-refractivity contribution in [3.05, 3.63) is 36.0 Å². The molecule has 6 nitrogen and oxygen atoms in total. The quantitative estimate of drug-likeness (QED) is 0.586. The number of anilines is 1. The molecule has 1 aromatic heterocycles. The summed E-state index contributed by atoms with van der Waals surface area (Å²) >= 11 is 0. The number of nitrogens with one attached hydrogen (secondary N) is 2. The number of aromatic nitrogens is 1. The molecule has 6 heteroatoms. The van der Waals surface area contributed by atoms with E-state index in [1.165, 1.54) is 0 Å². The molecule has 0 bridgehead atoms. The maximum atomic E-state index is 12.5. The monoisotopic (exact) mass is 286 g/mol. The fourth-order valence-corrected chi connectivity index (χ4v) is 2.59. The molecular weight excluding hydrogens is 268 g/mol. The van der Waals surface area contributed by atoms with E-state index in [1.54, 1.807) is 6.20 Å². The van der Waals surface area contributed by atoms with E-state index >= 15 is 0 Å². The molecule has 2 aromatic rings. The standard InChI is InChI=1S/C15H18N4O2/c16-19-14-12-4-2-1-3-11(12)13(9-17-14)15(20)18-10-5-7-21-8-6-10/h1-4,9-10H,5-8,16H2,(H,17,19)(H,18,20). The predicted octanol–water partition coefficient (Wildman–Crippen LogP) is 1.43. The van der Waals surface area contributed by atoms with Crippen molar-refractivity contribution in [2.24, 2.45) is 5.84 Å². The van der Waals surface area contributed by atoms with Crippen LogP contribution in [-0.2, 0) is 4.74 Å². The van der Waals surface area contributed by atoms with Crippen molar-refractivity contribution in [2.75, 3.05) is 18.6 Å². The van der Waals surface area contributed by atoms with Crippen LogP contribution in [0.15, 0.2) is 30.5 Å². The summed E-state index contributed by atoms with van der Waals surface area (Å²) in [5.74, 6) is 5.93. The van der Waals surface area contributed by atoms with E-state index in [2.05, 4.69) is 15.7 Å². The number of amides is 1. The van der Waals surface area contributed by atoms with Gasteiger partial charge in [-0.15, -0.1) is 0 Å². The first-order chi connectivity index (χ1) is 10.3. The first-order valence-electron chi connectivity index (χ1n) is 7.02. The summed E-state index contributed by atoms with van der Waals surface area (Å²) in [6, 6.07) is 7.75. The minimum absolute atomic E-state index is 0.103. The van der Waals surface area contributed by atoms with E-state index < -0.39 is 0 Å². The summed E-state index contributed by atoms with van der Waals surface area (Å²) in [6.07, 6.45) is 3.26. The number of nitrogens with zero attached hydrogens (tertiary/aromatic N) is 1. The molecule has 1 fully saturated rings. The number of hydrazine groups is 1. The van der Waals surface area contributed by atoms with Crippen LogP contribution in [0.3, 0.4) is 0 Å². The van der Waals surface area contributed by atoms with Crippen LogP contribution < -0.4 is 16.6 Å². The Morgan fingerprint density at radius 2 is 1.95 bits per heavy atom. The summed E-state index contributed by atoms with van der Waals surface area (Å²) in [6.45, 7) is 1.39. The van der Waals surface area contributed by atoms with Crippen LogP contribution in [0.2, 0.25) is 0 Å². The molecule has 110 valence electrons. The highest BCUT2D eigenvalue weighted by Gasteiger charge is 2.19. The van der Waals surface area contributed by atoms with Gasteiger partial charge in [-0.1, -0.05) is 24.3 Å². The van der Waals surface area contributed by atoms with Gasteiger partial charge in [0.1, 0.15) is 5.82 Å². The van der Waals surface area contributed by atoms with Crippen LogP contribution in [0.25, 0.3) is 10.8 Å². The molecule has 1 amide bonds. The van der Waals surface area contributed by atoms with Crippen molar-refractivity contribution in [1.29, 1.82) is 0 Å². The van der Waals surface area contributed by atoms with Gasteiger partial charge >= 0.3 is 0 Å². The zero-order chi connectivity index (χ0) is 14.7. The highest BCUT2D eigenvalue weighted by Crippen LogP contribution is 2.24. The van der Waals surface area contributed by atoms with E-state index in [0.717, 1.165) is 23.6 Å². The number of carbonyl (C=O) groups is 1. The summed E-state index contributed by atoms with van der Waals surface area (Å²) in [5, 5.41) is 4.73. The van der Waals surface area contributed by atoms with Gasteiger partial charge in [-0.3, -0.25) is 4.79 Å². The number of nitrogen functional groups attached to an aromatic ring is 1. The van der Waals surface area contributed by atoms with Gasteiger partial charge in [0.15, 0.2) is 0 Å². The number of rotatable bonds is 3. The van der Waals surface area contributed by atoms with Gasteiger partial charge in [-0.2, -0.15) is 0 Å². The number of ether oxygens (including phenoxy) is 1. The van der Waals surface area contributed by atoms with Gasteiger partial charge in [0.2, 0.25) is 0 Å². The molecule has 0 aliphatic carbocycles. The Hall–Kier alpha value is -2.18. The normalized spacial score (nSPS) is 15.9. The van der Waals surface area contributed by atoms with Gasteiger partial charge < -0.3 is 15.5 Å². The molecular formula is C15H18N4O2. The lowest BCUT2D eigenvalue weighted by Gasteiger charge is -2.23. The molecule has 1 aliphatic rings. The second-order valence-electron chi connectivity index (χ2n) is 5.07. The molecule has 0 radical (unpaired) electrons. The van der Waals surface area contributed by atoms with Crippen molar-refractivity contribution in [3.63, 3.8) is 0 Å². The van der Waals surface area contributed by atoms with E-state index in [1.807, 2.05) is 24.3 Å². The SMILES string of the molecule is NNc1ncc(C(=O)NC2CCOCC2)c2ccccc12. The highest BCUT2D eigenvalue weighted by molar-refractivity contribution is 6.09. The van der Waals surface area contributed by atoms with Crippen molar-refractivity contribution in [2.45, 2.75) is 18.9 Å². The second-order valence-corrected chi connectivity index (χ2v) is 5.07. The molecule has 1 saturated heterocycles. The van der Waals surface area contributed by atoms with E-state index in [9.17, 15) is 4.79 Å². The number of carbonyl (C=O) groups excluding carboxylic acids is 1. The average molecular weight is 286 g/mol. The van der Waals surface area contributed by atoms with Crippen LogP contribution >= 0.6 is 0 Å². The molecule has 0 atom stereocenters. The molecule has 2 heterocycles. The Labute approximate surface area is 122 Å². The Morgan fingerprint density at radius 3 is 2.67 bits per heavy atom. The number of hydrogen-bond acceptors (Lipinski definition) is 5. The van der Waals surface area contributed by atoms with Crippen molar-refractivity contribution < 1.29 is 9.53 Å². The fourth-order valence-electron chi connectivity index (χ4n) is 2.59. The van der Waals surface area contributed by atoms with E-state index in [0.29, 0.717) is 24.6 Å². The number of nitrogens with two attached hydrogens (primary N) is 1. The van der Waals surface area contributed by atoms with Gasteiger partial charge in [-0.25, -0.2) is 10.8 Å². The van der Waals surface area contributed by atoms with Crippen LogP contribution in [0.1, 0.15) is 23.2 Å². The Morgan fingerprint density at radius 1 is 1.24 bits per heavy atom. The van der Waals surface area contributed by atoms with Gasteiger partial charge in [-0.05, 0) is 18.2 Å². The van der Waals surface area contributed by atoms with Crippen LogP contribution in [0.5, 0.6) is 0 Å². The highest BCUT2D eigenvalue weighted by atomic mass is 16.5. The lowest BCUT2D eigenvalue weighted by molar-refractivity contribution is 0.0697. The largest absolute Gasteiger partial charge is 0.381 e. The van der Waals surface area contributed by atoms with Crippen molar-refractivity contribution >= 4 is 22.5 Å². The fraction of sp³-hybridized carbons (Fsp3) is 0.333. The van der Waals surface area contributed by atoms with Gasteiger partial charge in [0, 0.05) is 30.8 Å². The second kappa shape index (κ2) is 6.07. The third-order valence-corrected chi connectivity index (χ3v) is 3.73. The summed E-state index contributed by atoms with van der Waals surface area (Å²) in [5.41, 5.74) is 3.12. The minimum atomic E-state index is -0.103. The lowest BCUT2D eigenvalue weighted by Crippen LogP contribution is -2.39. The zero-order valence-corrected chi connectivity index (χ0v) is 11.6. The smallest absolute Gasteiger partial charge is 0.253 e. The van der Waals surface area contributed by atoms with Gasteiger partial charge in [0.05, 0.1) is 5.56 Å². The molecule has 4 N–H and O–H groups in total. The number of hydrogen-bond donors (Lipinski definition) is 3. The van der Waals surface area contributed by atoms with E-state index in [-0.39, 0.29) is 11.9 Å². The maximum Gasteiger partial charge on any atom is 0.253 e. The number of benzene rings is 1. The Kier molecular flexibility index (Phi) is 3.98. The predicted molar refractivity (Wildman–Crippen MR) is 80.9 cm³/mol. The molecule has 3 rings (SSSR count). The van der Waals surface area contributed by atoms with Crippen molar-refractivity contribution in [3.8, 4) is 0 Å². The van der Waals surface area contributed by atoms with Crippen LogP contribution in [0, 0.1) is 0 Å². The minimum Gasteiger partial charge on any atom is -0.381 e. The zero-order valence-electron chi connectivity index (χ0n) is 11.6. The molecule has 0 unspecified atom stereocenters. The van der Waals surface area contributed by atoms with Crippen molar-refractivity contribution in [1.82, 2.24) is 10.3 Å². The first-order valence-corrected chi connectivity index (χ1v) is 7.02. The molecule has 1 aliphatic heterocycles. The molecule has 0 saturated carbocycles. The number of pyridine rings is 1. The molecule has 1 aromatic carbocycles. The number of fused-ring (bicyclic) bond motifs is 1. The van der Waals surface area contributed by atoms with Crippen LogP contribution in [0.4, 0.5) is 5.82 Å². The summed E-state index contributed by atoms with van der Waals surface area (Å²) in [4.78, 5) is 16.7. The van der Waals surface area contributed by atoms with E-state index in [4.69, 9.17) is 10.6 Å². The maximum absolute atomic E-state index is 12.5. The third kappa shape index (κ3) is 2.81.